The topological polar surface area (TPSA) is 30.5 Å². The minimum absolute atomic E-state index is 0.260. The van der Waals surface area contributed by atoms with Gasteiger partial charge in [-0.1, -0.05) is 26.0 Å². The second-order valence-electron chi connectivity index (χ2n) is 6.06. The molecule has 1 N–H and O–H groups in total. The molecule has 1 unspecified atom stereocenters. The molecule has 1 aromatic rings. The van der Waals surface area contributed by atoms with E-state index in [1.165, 1.54) is 5.56 Å². The third-order valence-electron chi connectivity index (χ3n) is 3.37. The molecule has 21 heavy (non-hydrogen) atoms. The van der Waals surface area contributed by atoms with E-state index in [9.17, 15) is 0 Å². The second-order valence-corrected chi connectivity index (χ2v) is 6.06. The molecule has 0 aromatic heterocycles. The van der Waals surface area contributed by atoms with Crippen molar-refractivity contribution >= 4 is 0 Å². The lowest BCUT2D eigenvalue weighted by molar-refractivity contribution is 0.201. The van der Waals surface area contributed by atoms with Gasteiger partial charge in [-0.15, -0.1) is 0 Å². The van der Waals surface area contributed by atoms with Crippen LogP contribution in [0.25, 0.3) is 0 Å². The fraction of sp³-hybridized carbons (Fsp3) is 0.667. The summed E-state index contributed by atoms with van der Waals surface area (Å²) in [6, 6.07) is 8.34. The predicted octanol–water partition coefficient (Wildman–Crippen LogP) is 3.67. The minimum atomic E-state index is 0.260. The zero-order valence-corrected chi connectivity index (χ0v) is 14.0. The van der Waals surface area contributed by atoms with E-state index in [0.717, 1.165) is 50.6 Å². The highest BCUT2D eigenvalue weighted by Gasteiger charge is 2.04. The van der Waals surface area contributed by atoms with Crippen LogP contribution >= 0.6 is 0 Å². The Morgan fingerprint density at radius 2 is 1.81 bits per heavy atom. The van der Waals surface area contributed by atoms with Crippen LogP contribution in [0.3, 0.4) is 0 Å². The Labute approximate surface area is 130 Å². The number of methoxy groups -OCH3 is 1. The van der Waals surface area contributed by atoms with Crippen molar-refractivity contribution in [2.75, 3.05) is 26.8 Å². The Balaban J connectivity index is 2.20. The van der Waals surface area contributed by atoms with Crippen LogP contribution in [-0.4, -0.2) is 32.9 Å². The monoisotopic (exact) mass is 293 g/mol. The number of rotatable bonds is 11. The van der Waals surface area contributed by atoms with Crippen LogP contribution in [0.2, 0.25) is 0 Å². The number of benzene rings is 1. The fourth-order valence-corrected chi connectivity index (χ4v) is 2.15. The van der Waals surface area contributed by atoms with E-state index in [0.29, 0.717) is 0 Å². The molecule has 0 aliphatic heterocycles. The summed E-state index contributed by atoms with van der Waals surface area (Å²) in [6.45, 7) is 9.53. The van der Waals surface area contributed by atoms with Crippen LogP contribution in [0, 0.1) is 5.92 Å². The molecule has 0 radical (unpaired) electrons. The maximum atomic E-state index is 5.94. The third kappa shape index (κ3) is 8.74. The molecule has 0 saturated carbocycles. The van der Waals surface area contributed by atoms with Crippen molar-refractivity contribution in [3.63, 3.8) is 0 Å². The summed E-state index contributed by atoms with van der Waals surface area (Å²) in [4.78, 5) is 0. The van der Waals surface area contributed by atoms with E-state index in [-0.39, 0.29) is 6.10 Å². The third-order valence-corrected chi connectivity index (χ3v) is 3.37. The summed E-state index contributed by atoms with van der Waals surface area (Å²) >= 11 is 0. The highest BCUT2D eigenvalue weighted by atomic mass is 16.5. The van der Waals surface area contributed by atoms with Crippen molar-refractivity contribution in [1.82, 2.24) is 5.32 Å². The SMILES string of the molecule is COCCc1ccc(OC(C)CCCNCC(C)C)cc1. The van der Waals surface area contributed by atoms with Gasteiger partial charge in [0.1, 0.15) is 5.75 Å². The van der Waals surface area contributed by atoms with E-state index in [1.807, 2.05) is 0 Å². The van der Waals surface area contributed by atoms with Crippen molar-refractivity contribution < 1.29 is 9.47 Å². The summed E-state index contributed by atoms with van der Waals surface area (Å²) in [5, 5.41) is 3.46. The number of ether oxygens (including phenoxy) is 2. The van der Waals surface area contributed by atoms with Gasteiger partial charge in [0.15, 0.2) is 0 Å². The van der Waals surface area contributed by atoms with E-state index in [4.69, 9.17) is 9.47 Å². The standard InChI is InChI=1S/C18H31NO2/c1-15(2)14-19-12-5-6-16(3)21-18-9-7-17(8-10-18)11-13-20-4/h7-10,15-16,19H,5-6,11-14H2,1-4H3. The molecule has 1 aromatic carbocycles. The van der Waals surface area contributed by atoms with Gasteiger partial charge in [0.25, 0.3) is 0 Å². The largest absolute Gasteiger partial charge is 0.491 e. The van der Waals surface area contributed by atoms with Crippen LogP contribution in [0.4, 0.5) is 0 Å². The Bertz CT molecular complexity index is 362. The van der Waals surface area contributed by atoms with Crippen molar-refractivity contribution in [3.05, 3.63) is 29.8 Å². The summed E-state index contributed by atoms with van der Waals surface area (Å²) < 4.78 is 11.0. The number of nitrogens with one attached hydrogen (secondary N) is 1. The first kappa shape index (κ1) is 18.0. The summed E-state index contributed by atoms with van der Waals surface area (Å²) in [6.07, 6.45) is 3.44. The number of hydrogen-bond donors (Lipinski definition) is 1. The molecular weight excluding hydrogens is 262 g/mol. The molecule has 0 saturated heterocycles. The van der Waals surface area contributed by atoms with Gasteiger partial charge in [0.05, 0.1) is 12.7 Å². The van der Waals surface area contributed by atoms with Gasteiger partial charge in [0.2, 0.25) is 0 Å². The molecule has 120 valence electrons. The van der Waals surface area contributed by atoms with Gasteiger partial charge in [-0.3, -0.25) is 0 Å². The van der Waals surface area contributed by atoms with Crippen molar-refractivity contribution in [1.29, 1.82) is 0 Å². The molecule has 0 fully saturated rings. The smallest absolute Gasteiger partial charge is 0.119 e. The maximum absolute atomic E-state index is 5.94. The van der Waals surface area contributed by atoms with Gasteiger partial charge >= 0.3 is 0 Å². The minimum Gasteiger partial charge on any atom is -0.491 e. The van der Waals surface area contributed by atoms with E-state index < -0.39 is 0 Å². The highest BCUT2D eigenvalue weighted by Crippen LogP contribution is 2.15. The second kappa shape index (κ2) is 10.6. The average Bonchev–Trinajstić information content (AvgIpc) is 2.46. The lowest BCUT2D eigenvalue weighted by Gasteiger charge is -2.15. The van der Waals surface area contributed by atoms with Crippen LogP contribution in [0.15, 0.2) is 24.3 Å². The lowest BCUT2D eigenvalue weighted by Crippen LogP contribution is -2.22. The molecule has 0 amide bonds. The van der Waals surface area contributed by atoms with Gasteiger partial charge < -0.3 is 14.8 Å². The molecule has 0 aliphatic rings. The lowest BCUT2D eigenvalue weighted by atomic mass is 10.1. The van der Waals surface area contributed by atoms with Gasteiger partial charge in [0, 0.05) is 7.11 Å². The predicted molar refractivity (Wildman–Crippen MR) is 89.1 cm³/mol. The van der Waals surface area contributed by atoms with Crippen molar-refractivity contribution in [3.8, 4) is 5.75 Å². The summed E-state index contributed by atoms with van der Waals surface area (Å²) in [5.41, 5.74) is 1.29. The van der Waals surface area contributed by atoms with Gasteiger partial charge in [-0.2, -0.15) is 0 Å². The molecular formula is C18H31NO2. The Morgan fingerprint density at radius 3 is 2.43 bits per heavy atom. The Morgan fingerprint density at radius 1 is 1.10 bits per heavy atom. The van der Waals surface area contributed by atoms with Crippen LogP contribution < -0.4 is 10.1 Å². The maximum Gasteiger partial charge on any atom is 0.119 e. The van der Waals surface area contributed by atoms with Crippen LogP contribution in [-0.2, 0) is 11.2 Å². The molecule has 1 atom stereocenters. The van der Waals surface area contributed by atoms with Crippen molar-refractivity contribution in [2.24, 2.45) is 5.92 Å². The molecule has 1 rings (SSSR count). The van der Waals surface area contributed by atoms with E-state index >= 15 is 0 Å². The summed E-state index contributed by atoms with van der Waals surface area (Å²) in [5.74, 6) is 1.68. The van der Waals surface area contributed by atoms with Crippen molar-refractivity contribution in [2.45, 2.75) is 46.1 Å². The Hall–Kier alpha value is -1.06. The van der Waals surface area contributed by atoms with Crippen LogP contribution in [0.5, 0.6) is 5.75 Å². The van der Waals surface area contributed by atoms with Gasteiger partial charge in [-0.25, -0.2) is 0 Å². The quantitative estimate of drug-likeness (QED) is 0.632. The molecule has 0 bridgehead atoms. The molecule has 3 nitrogen and oxygen atoms in total. The Kier molecular flexibility index (Phi) is 9.11. The van der Waals surface area contributed by atoms with E-state index in [2.05, 4.69) is 50.4 Å². The normalized spacial score (nSPS) is 12.6. The molecule has 3 heteroatoms. The fourth-order valence-electron chi connectivity index (χ4n) is 2.15. The first-order chi connectivity index (χ1) is 10.1. The molecule has 0 aliphatic carbocycles. The first-order valence-electron chi connectivity index (χ1n) is 8.07. The van der Waals surface area contributed by atoms with Gasteiger partial charge in [-0.05, 0) is 62.9 Å². The average molecular weight is 293 g/mol. The van der Waals surface area contributed by atoms with E-state index in [1.54, 1.807) is 7.11 Å². The zero-order chi connectivity index (χ0) is 15.5. The first-order valence-corrected chi connectivity index (χ1v) is 8.07. The number of hydrogen-bond acceptors (Lipinski definition) is 3. The molecule has 0 heterocycles. The van der Waals surface area contributed by atoms with Crippen LogP contribution in [0.1, 0.15) is 39.2 Å². The highest BCUT2D eigenvalue weighted by molar-refractivity contribution is 5.27. The molecule has 0 spiro atoms. The zero-order valence-electron chi connectivity index (χ0n) is 14.0. The summed E-state index contributed by atoms with van der Waals surface area (Å²) in [7, 11) is 1.73.